The Balaban J connectivity index is 2.63. The summed E-state index contributed by atoms with van der Waals surface area (Å²) in [5.41, 5.74) is 1.89. The van der Waals surface area contributed by atoms with Crippen LogP contribution in [0.1, 0.15) is 11.5 Å². The van der Waals surface area contributed by atoms with Crippen molar-refractivity contribution in [2.45, 2.75) is 13.5 Å². The predicted molar refractivity (Wildman–Crippen MR) is 62.0 cm³/mol. The van der Waals surface area contributed by atoms with E-state index in [9.17, 15) is 0 Å². The van der Waals surface area contributed by atoms with Crippen LogP contribution in [0.15, 0.2) is 18.2 Å². The van der Waals surface area contributed by atoms with Crippen LogP contribution < -0.4 is 5.32 Å². The van der Waals surface area contributed by atoms with E-state index in [0.29, 0.717) is 11.6 Å². The molecule has 78 valence electrons. The zero-order chi connectivity index (χ0) is 10.8. The first-order valence-corrected chi connectivity index (χ1v) is 5.16. The van der Waals surface area contributed by atoms with Gasteiger partial charge in [0.15, 0.2) is 0 Å². The van der Waals surface area contributed by atoms with Gasteiger partial charge in [-0.05, 0) is 32.2 Å². The molecule has 0 aliphatic heterocycles. The summed E-state index contributed by atoms with van der Waals surface area (Å²) in [4.78, 5) is 8.83. The van der Waals surface area contributed by atoms with E-state index in [1.165, 1.54) is 0 Å². The fraction of sp³-hybridized carbons (Fsp3) is 0.273. The Morgan fingerprint density at radius 1 is 1.33 bits per heavy atom. The summed E-state index contributed by atoms with van der Waals surface area (Å²) >= 11 is 5.92. The lowest BCUT2D eigenvalue weighted by Crippen LogP contribution is -2.09. The molecule has 1 aromatic heterocycles. The van der Waals surface area contributed by atoms with Crippen LogP contribution in [-0.4, -0.2) is 17.0 Å². The lowest BCUT2D eigenvalue weighted by atomic mass is 10.2. The Morgan fingerprint density at radius 2 is 2.13 bits per heavy atom. The van der Waals surface area contributed by atoms with Gasteiger partial charge in [-0.1, -0.05) is 11.6 Å². The molecule has 2 aromatic rings. The first-order valence-electron chi connectivity index (χ1n) is 4.78. The molecule has 0 fully saturated rings. The van der Waals surface area contributed by atoms with Gasteiger partial charge in [0.2, 0.25) is 0 Å². The van der Waals surface area contributed by atoms with E-state index >= 15 is 0 Å². The molecule has 0 aliphatic carbocycles. The molecule has 0 atom stereocenters. The summed E-state index contributed by atoms with van der Waals surface area (Å²) in [6.07, 6.45) is 0. The molecule has 0 amide bonds. The molecule has 0 saturated heterocycles. The van der Waals surface area contributed by atoms with E-state index in [4.69, 9.17) is 11.6 Å². The van der Waals surface area contributed by atoms with Crippen LogP contribution in [-0.2, 0) is 6.54 Å². The normalized spacial score (nSPS) is 10.9. The molecule has 0 spiro atoms. The van der Waals surface area contributed by atoms with Crippen molar-refractivity contribution in [3.63, 3.8) is 0 Å². The second kappa shape index (κ2) is 4.13. The number of halogens is 1. The molecule has 15 heavy (non-hydrogen) atoms. The molecule has 0 aliphatic rings. The van der Waals surface area contributed by atoms with E-state index in [1.807, 2.05) is 32.2 Å². The van der Waals surface area contributed by atoms with E-state index in [1.54, 1.807) is 0 Å². The SMILES string of the molecule is CNCc1nc(C)c2ccc(Cl)cc2n1. The fourth-order valence-corrected chi connectivity index (χ4v) is 1.72. The van der Waals surface area contributed by atoms with Gasteiger partial charge in [-0.3, -0.25) is 0 Å². The first-order chi connectivity index (χ1) is 7.20. The highest BCUT2D eigenvalue weighted by Gasteiger charge is 2.04. The summed E-state index contributed by atoms with van der Waals surface area (Å²) in [6, 6.07) is 5.68. The minimum Gasteiger partial charge on any atom is -0.313 e. The minimum absolute atomic E-state index is 0.670. The molecule has 0 unspecified atom stereocenters. The zero-order valence-corrected chi connectivity index (χ0v) is 9.47. The van der Waals surface area contributed by atoms with Crippen LogP contribution in [0.3, 0.4) is 0 Å². The first kappa shape index (κ1) is 10.3. The molecule has 0 radical (unpaired) electrons. The largest absolute Gasteiger partial charge is 0.313 e. The molecule has 1 N–H and O–H groups in total. The lowest BCUT2D eigenvalue weighted by Gasteiger charge is -2.05. The highest BCUT2D eigenvalue weighted by molar-refractivity contribution is 6.31. The molecular formula is C11H12ClN3. The van der Waals surface area contributed by atoms with E-state index in [-0.39, 0.29) is 0 Å². The summed E-state index contributed by atoms with van der Waals surface area (Å²) in [5.74, 6) is 0.796. The van der Waals surface area contributed by atoms with Crippen molar-refractivity contribution in [3.8, 4) is 0 Å². The number of aryl methyl sites for hydroxylation is 1. The van der Waals surface area contributed by atoms with Crippen molar-refractivity contribution in [1.82, 2.24) is 15.3 Å². The minimum atomic E-state index is 0.670. The van der Waals surface area contributed by atoms with Crippen molar-refractivity contribution in [2.75, 3.05) is 7.05 Å². The van der Waals surface area contributed by atoms with Gasteiger partial charge in [0, 0.05) is 16.1 Å². The van der Waals surface area contributed by atoms with Crippen LogP contribution in [0.5, 0.6) is 0 Å². The van der Waals surface area contributed by atoms with Crippen molar-refractivity contribution in [1.29, 1.82) is 0 Å². The monoisotopic (exact) mass is 221 g/mol. The third kappa shape index (κ3) is 2.08. The van der Waals surface area contributed by atoms with Crippen molar-refractivity contribution in [3.05, 3.63) is 34.7 Å². The summed E-state index contributed by atoms with van der Waals surface area (Å²) < 4.78 is 0. The molecule has 4 heteroatoms. The number of fused-ring (bicyclic) bond motifs is 1. The van der Waals surface area contributed by atoms with E-state index < -0.39 is 0 Å². The maximum atomic E-state index is 5.92. The average molecular weight is 222 g/mol. The highest BCUT2D eigenvalue weighted by Crippen LogP contribution is 2.19. The van der Waals surface area contributed by atoms with Crippen LogP contribution in [0.25, 0.3) is 10.9 Å². The Morgan fingerprint density at radius 3 is 2.87 bits per heavy atom. The third-order valence-corrected chi connectivity index (χ3v) is 2.47. The van der Waals surface area contributed by atoms with Crippen molar-refractivity contribution in [2.24, 2.45) is 0 Å². The second-order valence-electron chi connectivity index (χ2n) is 3.42. The average Bonchev–Trinajstić information content (AvgIpc) is 2.17. The Labute approximate surface area is 93.5 Å². The number of hydrogen-bond donors (Lipinski definition) is 1. The Hall–Kier alpha value is -1.19. The van der Waals surface area contributed by atoms with E-state index in [2.05, 4.69) is 15.3 Å². The Bertz CT molecular complexity index is 496. The second-order valence-corrected chi connectivity index (χ2v) is 3.85. The number of rotatable bonds is 2. The molecule has 2 rings (SSSR count). The summed E-state index contributed by atoms with van der Waals surface area (Å²) in [7, 11) is 1.88. The van der Waals surface area contributed by atoms with Crippen LogP contribution in [0.2, 0.25) is 5.02 Å². The molecule has 0 bridgehead atoms. The Kier molecular flexibility index (Phi) is 2.84. The molecule has 3 nitrogen and oxygen atoms in total. The number of hydrogen-bond acceptors (Lipinski definition) is 3. The zero-order valence-electron chi connectivity index (χ0n) is 8.71. The topological polar surface area (TPSA) is 37.8 Å². The van der Waals surface area contributed by atoms with Gasteiger partial charge in [0.25, 0.3) is 0 Å². The van der Waals surface area contributed by atoms with Crippen molar-refractivity contribution >= 4 is 22.5 Å². The van der Waals surface area contributed by atoms with E-state index in [0.717, 1.165) is 22.4 Å². The van der Waals surface area contributed by atoms with Gasteiger partial charge in [-0.2, -0.15) is 0 Å². The lowest BCUT2D eigenvalue weighted by molar-refractivity contribution is 0.760. The third-order valence-electron chi connectivity index (χ3n) is 2.23. The van der Waals surface area contributed by atoms with Gasteiger partial charge in [0.05, 0.1) is 12.1 Å². The maximum Gasteiger partial charge on any atom is 0.143 e. The predicted octanol–water partition coefficient (Wildman–Crippen LogP) is 2.31. The smallest absolute Gasteiger partial charge is 0.143 e. The van der Waals surface area contributed by atoms with Gasteiger partial charge in [-0.15, -0.1) is 0 Å². The number of benzene rings is 1. The number of aromatic nitrogens is 2. The number of nitrogens with zero attached hydrogens (tertiary/aromatic N) is 2. The molecule has 1 heterocycles. The van der Waals surface area contributed by atoms with Crippen LogP contribution in [0.4, 0.5) is 0 Å². The van der Waals surface area contributed by atoms with Crippen LogP contribution in [0, 0.1) is 6.92 Å². The van der Waals surface area contributed by atoms with Gasteiger partial charge in [0.1, 0.15) is 5.82 Å². The van der Waals surface area contributed by atoms with Gasteiger partial charge < -0.3 is 5.32 Å². The maximum absolute atomic E-state index is 5.92. The number of nitrogens with one attached hydrogen (secondary N) is 1. The van der Waals surface area contributed by atoms with Gasteiger partial charge >= 0.3 is 0 Å². The molecule has 0 saturated carbocycles. The summed E-state index contributed by atoms with van der Waals surface area (Å²) in [6.45, 7) is 2.65. The van der Waals surface area contributed by atoms with Crippen LogP contribution >= 0.6 is 11.6 Å². The summed E-state index contributed by atoms with van der Waals surface area (Å²) in [5, 5.41) is 4.79. The fourth-order valence-electron chi connectivity index (χ4n) is 1.56. The molecular weight excluding hydrogens is 210 g/mol. The van der Waals surface area contributed by atoms with Crippen molar-refractivity contribution < 1.29 is 0 Å². The standard InChI is InChI=1S/C11H12ClN3/c1-7-9-4-3-8(12)5-10(9)15-11(14-7)6-13-2/h3-5,13H,6H2,1-2H3. The molecule has 1 aromatic carbocycles. The van der Waals surface area contributed by atoms with Gasteiger partial charge in [-0.25, -0.2) is 9.97 Å². The quantitative estimate of drug-likeness (QED) is 0.846. The highest BCUT2D eigenvalue weighted by atomic mass is 35.5.